The number of hydrogen-bond donors (Lipinski definition) is 1. The predicted molar refractivity (Wildman–Crippen MR) is 71.9 cm³/mol. The number of hydrogen-bond acceptors (Lipinski definition) is 5. The van der Waals surface area contributed by atoms with Gasteiger partial charge in [0.15, 0.2) is 0 Å². The molecule has 2 rings (SSSR count). The van der Waals surface area contributed by atoms with Crippen LogP contribution in [-0.2, 0) is 0 Å². The summed E-state index contributed by atoms with van der Waals surface area (Å²) in [6.45, 7) is 5.10. The van der Waals surface area contributed by atoms with E-state index in [0.717, 1.165) is 24.0 Å². The molecular weight excluding hydrogens is 232 g/mol. The minimum absolute atomic E-state index is 0.243. The number of thioether (sulfide) groups is 1. The van der Waals surface area contributed by atoms with Crippen LogP contribution in [0, 0.1) is 0 Å². The molecule has 2 N–H and O–H groups in total. The second-order valence-electron chi connectivity index (χ2n) is 4.28. The molecule has 1 aromatic heterocycles. The highest BCUT2D eigenvalue weighted by Gasteiger charge is 2.26. The molecule has 0 saturated carbocycles. The summed E-state index contributed by atoms with van der Waals surface area (Å²) in [7, 11) is 0. The number of nitrogens with two attached hydrogens (primary N) is 1. The molecule has 2 unspecified atom stereocenters. The molecule has 4 nitrogen and oxygen atoms in total. The Labute approximate surface area is 107 Å². The lowest BCUT2D eigenvalue weighted by Crippen LogP contribution is -2.43. The zero-order valence-electron chi connectivity index (χ0n) is 10.2. The first-order chi connectivity index (χ1) is 8.35. The minimum atomic E-state index is 0.243. The minimum Gasteiger partial charge on any atom is -0.329 e. The first kappa shape index (κ1) is 12.8. The highest BCUT2D eigenvalue weighted by Crippen LogP contribution is 2.27. The number of rotatable bonds is 4. The molecule has 1 fully saturated rings. The third kappa shape index (κ3) is 3.18. The lowest BCUT2D eigenvalue weighted by Gasteiger charge is -2.36. The van der Waals surface area contributed by atoms with Crippen LogP contribution in [0.1, 0.15) is 25.1 Å². The summed E-state index contributed by atoms with van der Waals surface area (Å²) in [5.41, 5.74) is 6.96. The van der Waals surface area contributed by atoms with Gasteiger partial charge in [0.05, 0.1) is 11.7 Å². The zero-order valence-corrected chi connectivity index (χ0v) is 11.1. The van der Waals surface area contributed by atoms with Crippen LogP contribution in [0.15, 0.2) is 18.6 Å². The molecule has 1 saturated heterocycles. The van der Waals surface area contributed by atoms with Crippen LogP contribution in [-0.4, -0.2) is 45.5 Å². The summed E-state index contributed by atoms with van der Waals surface area (Å²) in [5.74, 6) is 1.19. The summed E-state index contributed by atoms with van der Waals surface area (Å²) >= 11 is 2.07. The van der Waals surface area contributed by atoms with Gasteiger partial charge in [0.25, 0.3) is 0 Å². The monoisotopic (exact) mass is 252 g/mol. The fourth-order valence-corrected chi connectivity index (χ4v) is 3.43. The van der Waals surface area contributed by atoms with Crippen molar-refractivity contribution in [3.8, 4) is 0 Å². The zero-order chi connectivity index (χ0) is 12.1. The van der Waals surface area contributed by atoms with E-state index >= 15 is 0 Å². The van der Waals surface area contributed by atoms with Crippen LogP contribution in [0.2, 0.25) is 0 Å². The number of aromatic nitrogens is 2. The lowest BCUT2D eigenvalue weighted by molar-refractivity contribution is 0.204. The van der Waals surface area contributed by atoms with E-state index in [1.54, 1.807) is 12.5 Å². The van der Waals surface area contributed by atoms with Crippen molar-refractivity contribution in [1.29, 1.82) is 0 Å². The molecule has 1 aromatic rings. The first-order valence-corrected chi connectivity index (χ1v) is 7.21. The van der Waals surface area contributed by atoms with E-state index in [0.29, 0.717) is 6.54 Å². The van der Waals surface area contributed by atoms with Gasteiger partial charge in [0.2, 0.25) is 0 Å². The summed E-state index contributed by atoms with van der Waals surface area (Å²) in [6, 6.07) is 2.22. The van der Waals surface area contributed by atoms with E-state index in [2.05, 4.69) is 33.6 Å². The smallest absolute Gasteiger partial charge is 0.115 e. The van der Waals surface area contributed by atoms with Gasteiger partial charge in [-0.3, -0.25) is 4.90 Å². The topological polar surface area (TPSA) is 55.0 Å². The largest absolute Gasteiger partial charge is 0.329 e. The average molecular weight is 252 g/mol. The molecule has 2 atom stereocenters. The van der Waals surface area contributed by atoms with E-state index in [1.165, 1.54) is 12.2 Å². The fourth-order valence-electron chi connectivity index (χ4n) is 2.23. The van der Waals surface area contributed by atoms with Crippen LogP contribution in [0.3, 0.4) is 0 Å². The van der Waals surface area contributed by atoms with Crippen molar-refractivity contribution >= 4 is 11.8 Å². The van der Waals surface area contributed by atoms with Crippen LogP contribution >= 0.6 is 11.8 Å². The lowest BCUT2D eigenvalue weighted by atomic mass is 10.1. The van der Waals surface area contributed by atoms with Crippen LogP contribution in [0.4, 0.5) is 0 Å². The van der Waals surface area contributed by atoms with Gasteiger partial charge in [-0.1, -0.05) is 6.92 Å². The Hall–Kier alpha value is -0.650. The molecule has 0 amide bonds. The van der Waals surface area contributed by atoms with Gasteiger partial charge in [-0.25, -0.2) is 9.97 Å². The molecule has 17 heavy (non-hydrogen) atoms. The normalized spacial score (nSPS) is 23.5. The molecule has 2 heterocycles. The fraction of sp³-hybridized carbons (Fsp3) is 0.667. The molecule has 1 aliphatic heterocycles. The predicted octanol–water partition coefficient (Wildman–Crippen LogP) is 1.30. The molecule has 0 spiro atoms. The maximum absolute atomic E-state index is 5.91. The summed E-state index contributed by atoms with van der Waals surface area (Å²) in [4.78, 5) is 10.8. The van der Waals surface area contributed by atoms with Gasteiger partial charge >= 0.3 is 0 Å². The van der Waals surface area contributed by atoms with Crippen LogP contribution in [0.25, 0.3) is 0 Å². The molecule has 5 heteroatoms. The van der Waals surface area contributed by atoms with Gasteiger partial charge in [-0.05, 0) is 12.5 Å². The van der Waals surface area contributed by atoms with Gasteiger partial charge in [-0.15, -0.1) is 0 Å². The highest BCUT2D eigenvalue weighted by molar-refractivity contribution is 8.00. The first-order valence-electron chi connectivity index (χ1n) is 6.16. The Morgan fingerprint density at radius 2 is 2.53 bits per heavy atom. The van der Waals surface area contributed by atoms with Crippen molar-refractivity contribution in [2.24, 2.45) is 5.73 Å². The van der Waals surface area contributed by atoms with Crippen molar-refractivity contribution in [3.63, 3.8) is 0 Å². The average Bonchev–Trinajstić information content (AvgIpc) is 2.41. The van der Waals surface area contributed by atoms with Crippen molar-refractivity contribution < 1.29 is 0 Å². The Morgan fingerprint density at radius 3 is 3.18 bits per heavy atom. The van der Waals surface area contributed by atoms with E-state index < -0.39 is 0 Å². The van der Waals surface area contributed by atoms with E-state index in [4.69, 9.17) is 5.73 Å². The van der Waals surface area contributed by atoms with Crippen LogP contribution < -0.4 is 5.73 Å². The standard InChI is InChI=1S/C12H20N4S/c1-2-10-8-16(5-6-17-10)12(7-13)11-3-4-14-9-15-11/h3-4,9-10,12H,2,5-8,13H2,1H3. The van der Waals surface area contributed by atoms with Crippen molar-refractivity contribution in [2.45, 2.75) is 24.6 Å². The Morgan fingerprint density at radius 1 is 1.65 bits per heavy atom. The Balaban J connectivity index is 2.08. The molecule has 94 valence electrons. The van der Waals surface area contributed by atoms with Crippen molar-refractivity contribution in [3.05, 3.63) is 24.3 Å². The second-order valence-corrected chi connectivity index (χ2v) is 5.69. The maximum Gasteiger partial charge on any atom is 0.115 e. The molecule has 1 aliphatic rings. The second kappa shape index (κ2) is 6.33. The summed E-state index contributed by atoms with van der Waals surface area (Å²) < 4.78 is 0. The van der Waals surface area contributed by atoms with E-state index in [9.17, 15) is 0 Å². The van der Waals surface area contributed by atoms with Crippen molar-refractivity contribution in [2.75, 3.05) is 25.4 Å². The molecule has 0 aromatic carbocycles. The SMILES string of the molecule is CCC1CN(C(CN)c2ccncn2)CCS1. The molecule has 0 bridgehead atoms. The van der Waals surface area contributed by atoms with E-state index in [-0.39, 0.29) is 6.04 Å². The van der Waals surface area contributed by atoms with Crippen LogP contribution in [0.5, 0.6) is 0 Å². The third-order valence-electron chi connectivity index (χ3n) is 3.24. The summed E-state index contributed by atoms with van der Waals surface area (Å²) in [5, 5.41) is 0.736. The third-order valence-corrected chi connectivity index (χ3v) is 4.61. The summed E-state index contributed by atoms with van der Waals surface area (Å²) in [6.07, 6.45) is 4.62. The van der Waals surface area contributed by atoms with E-state index in [1.807, 2.05) is 6.07 Å². The highest BCUT2D eigenvalue weighted by atomic mass is 32.2. The number of nitrogens with zero attached hydrogens (tertiary/aromatic N) is 3. The maximum atomic E-state index is 5.91. The van der Waals surface area contributed by atoms with Gasteiger partial charge in [0.1, 0.15) is 6.33 Å². The molecular formula is C12H20N4S. The van der Waals surface area contributed by atoms with Gasteiger partial charge < -0.3 is 5.73 Å². The Bertz CT molecular complexity index is 333. The Kier molecular flexibility index (Phi) is 4.76. The molecule has 0 aliphatic carbocycles. The quantitative estimate of drug-likeness (QED) is 0.875. The van der Waals surface area contributed by atoms with Gasteiger partial charge in [-0.2, -0.15) is 11.8 Å². The van der Waals surface area contributed by atoms with Crippen molar-refractivity contribution in [1.82, 2.24) is 14.9 Å². The van der Waals surface area contributed by atoms with Gasteiger partial charge in [0, 0.05) is 36.8 Å². The molecule has 0 radical (unpaired) electrons.